The highest BCUT2D eigenvalue weighted by atomic mass is 35.5. The van der Waals surface area contributed by atoms with Gasteiger partial charge in [-0.15, -0.1) is 11.6 Å². The first kappa shape index (κ1) is 23.4. The molecule has 0 amide bonds. The fraction of sp³-hybridized carbons (Fsp3) is 0.500. The molecular formula is C24H31ClN2O4. The molecule has 2 atom stereocenters. The lowest BCUT2D eigenvalue weighted by atomic mass is 10.0. The van der Waals surface area contributed by atoms with Crippen molar-refractivity contribution in [1.29, 1.82) is 0 Å². The molecule has 1 aromatic rings. The van der Waals surface area contributed by atoms with Gasteiger partial charge in [-0.1, -0.05) is 23.8 Å². The van der Waals surface area contributed by atoms with Crippen molar-refractivity contribution in [1.82, 2.24) is 4.57 Å². The Morgan fingerprint density at radius 1 is 1.35 bits per heavy atom. The molecule has 31 heavy (non-hydrogen) atoms. The molecule has 0 spiro atoms. The molecule has 168 valence electrons. The van der Waals surface area contributed by atoms with Crippen molar-refractivity contribution >= 4 is 23.3 Å². The van der Waals surface area contributed by atoms with Crippen LogP contribution in [0.4, 0.5) is 5.69 Å². The first-order valence-corrected chi connectivity index (χ1v) is 11.3. The Morgan fingerprint density at radius 2 is 2.16 bits per heavy atom. The third-order valence-corrected chi connectivity index (χ3v) is 5.66. The molecule has 2 aliphatic rings. The van der Waals surface area contributed by atoms with Gasteiger partial charge in [0.2, 0.25) is 0 Å². The lowest BCUT2D eigenvalue weighted by Crippen LogP contribution is -2.31. The van der Waals surface area contributed by atoms with E-state index in [4.69, 9.17) is 21.1 Å². The molecule has 3 rings (SSSR count). The number of ether oxygens (including phenoxy) is 2. The van der Waals surface area contributed by atoms with E-state index >= 15 is 0 Å². The summed E-state index contributed by atoms with van der Waals surface area (Å²) < 4.78 is 12.7. The fourth-order valence-electron chi connectivity index (χ4n) is 3.78. The average molecular weight is 447 g/mol. The van der Waals surface area contributed by atoms with Crippen molar-refractivity contribution < 1.29 is 14.3 Å². The predicted molar refractivity (Wildman–Crippen MR) is 124 cm³/mol. The van der Waals surface area contributed by atoms with Crippen LogP contribution in [0.5, 0.6) is 0 Å². The third kappa shape index (κ3) is 6.34. The van der Waals surface area contributed by atoms with Gasteiger partial charge in [-0.3, -0.25) is 4.79 Å². The number of nitrogens with one attached hydrogen (secondary N) is 1. The van der Waals surface area contributed by atoms with Crippen LogP contribution >= 0.6 is 11.6 Å². The summed E-state index contributed by atoms with van der Waals surface area (Å²) in [6.07, 6.45) is 13.0. The van der Waals surface area contributed by atoms with Crippen LogP contribution in [0, 0.1) is 0 Å². The third-order valence-electron chi connectivity index (χ3n) is 5.25. The van der Waals surface area contributed by atoms with Crippen LogP contribution in [0.2, 0.25) is 0 Å². The first-order valence-electron chi connectivity index (χ1n) is 10.9. The molecule has 1 N–H and O–H groups in total. The zero-order chi connectivity index (χ0) is 22.4. The fourth-order valence-corrected chi connectivity index (χ4v) is 4.12. The minimum Gasteiger partial charge on any atom is -0.462 e. The van der Waals surface area contributed by atoms with E-state index in [0.717, 1.165) is 30.5 Å². The summed E-state index contributed by atoms with van der Waals surface area (Å²) in [5.74, 6) is -0.462. The average Bonchev–Trinajstić information content (AvgIpc) is 2.72. The summed E-state index contributed by atoms with van der Waals surface area (Å²) in [5, 5.41) is 2.96. The van der Waals surface area contributed by atoms with Gasteiger partial charge in [0, 0.05) is 24.5 Å². The Morgan fingerprint density at radius 3 is 2.81 bits per heavy atom. The summed E-state index contributed by atoms with van der Waals surface area (Å²) in [6.45, 7) is 6.45. The molecule has 1 heterocycles. The smallest absolute Gasteiger partial charge is 0.341 e. The van der Waals surface area contributed by atoms with Gasteiger partial charge < -0.3 is 19.4 Å². The number of alkyl halides is 1. The molecule has 0 fully saturated rings. The van der Waals surface area contributed by atoms with Crippen molar-refractivity contribution in [2.45, 2.75) is 70.6 Å². The van der Waals surface area contributed by atoms with E-state index in [0.29, 0.717) is 24.2 Å². The highest BCUT2D eigenvalue weighted by molar-refractivity contribution is 6.22. The van der Waals surface area contributed by atoms with Crippen molar-refractivity contribution in [3.8, 4) is 0 Å². The largest absolute Gasteiger partial charge is 0.462 e. The molecule has 0 aromatic carbocycles. The standard InChI is InChI=1S/C24H31ClN2O4/c1-4-30-24(29)19-15-27(14-17-8-6-5-7-9-17)23(28)13-21(19)26-18-10-11-22(20(25)12-18)31-16(2)3/h5-6,8,12-13,15-16,20,22,26H,4,7,9-11,14H2,1-3H3. The van der Waals surface area contributed by atoms with Gasteiger partial charge in [0.25, 0.3) is 5.56 Å². The Labute approximate surface area is 188 Å². The molecule has 0 saturated carbocycles. The second-order valence-corrected chi connectivity index (χ2v) is 8.61. The molecule has 6 nitrogen and oxygen atoms in total. The van der Waals surface area contributed by atoms with Gasteiger partial charge in [0.15, 0.2) is 0 Å². The number of carbonyl (C=O) groups excluding carboxylic acids is 1. The normalized spacial score (nSPS) is 20.9. The number of nitrogens with zero attached hydrogens (tertiary/aromatic N) is 1. The monoisotopic (exact) mass is 446 g/mol. The van der Waals surface area contributed by atoms with Crippen molar-refractivity contribution in [2.75, 3.05) is 11.9 Å². The van der Waals surface area contributed by atoms with E-state index < -0.39 is 5.97 Å². The quantitative estimate of drug-likeness (QED) is 0.459. The van der Waals surface area contributed by atoms with Crippen molar-refractivity contribution in [2.24, 2.45) is 0 Å². The summed E-state index contributed by atoms with van der Waals surface area (Å²) in [7, 11) is 0. The molecule has 7 heteroatoms. The van der Waals surface area contributed by atoms with E-state index in [2.05, 4.69) is 11.4 Å². The summed E-state index contributed by atoms with van der Waals surface area (Å²) in [4.78, 5) is 25.4. The van der Waals surface area contributed by atoms with Crippen LogP contribution in [0.3, 0.4) is 0 Å². The van der Waals surface area contributed by atoms with Gasteiger partial charge in [-0.25, -0.2) is 4.79 Å². The van der Waals surface area contributed by atoms with Crippen molar-refractivity contribution in [3.05, 3.63) is 63.8 Å². The lowest BCUT2D eigenvalue weighted by molar-refractivity contribution is 0.00497. The van der Waals surface area contributed by atoms with Gasteiger partial charge >= 0.3 is 5.97 Å². The maximum atomic E-state index is 12.8. The molecule has 2 unspecified atom stereocenters. The van der Waals surface area contributed by atoms with Crippen LogP contribution in [0.25, 0.3) is 0 Å². The first-order chi connectivity index (χ1) is 14.9. The highest BCUT2D eigenvalue weighted by Crippen LogP contribution is 2.28. The zero-order valence-electron chi connectivity index (χ0n) is 18.4. The van der Waals surface area contributed by atoms with Crippen LogP contribution in [0.15, 0.2) is 52.6 Å². The Balaban J connectivity index is 1.86. The molecule has 0 bridgehead atoms. The SMILES string of the molecule is CCOC(=O)c1cn(CC2=CC=CCC2)c(=O)cc1NC1=CC(Cl)C(OC(C)C)CC1. The summed E-state index contributed by atoms with van der Waals surface area (Å²) in [5.41, 5.74) is 2.62. The van der Waals surface area contributed by atoms with E-state index in [9.17, 15) is 9.59 Å². The molecule has 0 aliphatic heterocycles. The minimum absolute atomic E-state index is 0.0532. The van der Waals surface area contributed by atoms with E-state index in [-0.39, 0.29) is 29.8 Å². The van der Waals surface area contributed by atoms with E-state index in [1.165, 1.54) is 6.07 Å². The minimum atomic E-state index is -0.462. The topological polar surface area (TPSA) is 69.6 Å². The maximum absolute atomic E-state index is 12.8. The number of halogens is 1. The summed E-state index contributed by atoms with van der Waals surface area (Å²) in [6, 6.07) is 1.46. The number of anilines is 1. The second-order valence-electron chi connectivity index (χ2n) is 8.10. The molecule has 0 radical (unpaired) electrons. The van der Waals surface area contributed by atoms with Crippen LogP contribution in [-0.2, 0) is 16.0 Å². The Kier molecular flexibility index (Phi) is 8.15. The number of allylic oxidation sites excluding steroid dienone is 5. The van der Waals surface area contributed by atoms with Gasteiger partial charge in [-0.2, -0.15) is 0 Å². The second kappa shape index (κ2) is 10.8. The van der Waals surface area contributed by atoms with E-state index in [1.807, 2.05) is 32.1 Å². The van der Waals surface area contributed by atoms with Crippen LogP contribution in [0.1, 0.15) is 56.8 Å². The number of aromatic nitrogens is 1. The van der Waals surface area contributed by atoms with Crippen molar-refractivity contribution in [3.63, 3.8) is 0 Å². The van der Waals surface area contributed by atoms with Crippen LogP contribution in [-0.4, -0.2) is 34.7 Å². The number of rotatable bonds is 8. The molecule has 0 saturated heterocycles. The molecule has 2 aliphatic carbocycles. The van der Waals surface area contributed by atoms with Crippen LogP contribution < -0.4 is 10.9 Å². The molecule has 1 aromatic heterocycles. The predicted octanol–water partition coefficient (Wildman–Crippen LogP) is 4.79. The number of pyridine rings is 1. The number of hydrogen-bond donors (Lipinski definition) is 1. The number of carbonyl (C=O) groups is 1. The maximum Gasteiger partial charge on any atom is 0.341 e. The number of hydrogen-bond acceptors (Lipinski definition) is 5. The van der Waals surface area contributed by atoms with Gasteiger partial charge in [-0.05, 0) is 52.5 Å². The molecular weight excluding hydrogens is 416 g/mol. The Bertz CT molecular complexity index is 945. The summed E-state index contributed by atoms with van der Waals surface area (Å²) >= 11 is 6.49. The van der Waals surface area contributed by atoms with Gasteiger partial charge in [0.1, 0.15) is 0 Å². The van der Waals surface area contributed by atoms with Gasteiger partial charge in [0.05, 0.1) is 35.4 Å². The zero-order valence-corrected chi connectivity index (χ0v) is 19.2. The number of esters is 1. The highest BCUT2D eigenvalue weighted by Gasteiger charge is 2.26. The Hall–Kier alpha value is -2.31. The lowest BCUT2D eigenvalue weighted by Gasteiger charge is -2.29. The van der Waals surface area contributed by atoms with E-state index in [1.54, 1.807) is 17.7 Å².